The molecule has 1 aromatic carbocycles. The molecule has 1 amide bonds. The number of alkyl halides is 3. The van der Waals surface area contributed by atoms with Gasteiger partial charge in [-0.1, -0.05) is 32.9 Å². The molecule has 0 saturated carbocycles. The van der Waals surface area contributed by atoms with Crippen molar-refractivity contribution < 1.29 is 18.0 Å². The van der Waals surface area contributed by atoms with E-state index in [1.54, 1.807) is 10.6 Å². The Hall–Kier alpha value is -2.57. The monoisotopic (exact) mass is 418 g/mol. The molecular weight excluding hydrogens is 393 g/mol. The van der Waals surface area contributed by atoms with Crippen molar-refractivity contribution in [1.82, 2.24) is 9.47 Å². The van der Waals surface area contributed by atoms with Crippen molar-refractivity contribution in [3.05, 3.63) is 58.0 Å². The second-order valence-electron chi connectivity index (χ2n) is 9.42. The fourth-order valence-corrected chi connectivity index (χ4v) is 4.67. The summed E-state index contributed by atoms with van der Waals surface area (Å²) in [6.45, 7) is 7.35. The Morgan fingerprint density at radius 2 is 1.77 bits per heavy atom. The van der Waals surface area contributed by atoms with E-state index in [0.717, 1.165) is 24.2 Å². The molecule has 2 atom stereocenters. The van der Waals surface area contributed by atoms with E-state index in [-0.39, 0.29) is 34.4 Å². The third-order valence-corrected chi connectivity index (χ3v) is 6.03. The van der Waals surface area contributed by atoms with Crippen molar-refractivity contribution in [2.24, 2.45) is 11.3 Å². The standard InChI is InChI=1S/C23H25F3N2O2/c1-22(2,3)21(30)27-11-14-9-16(13-27)19-8-7-18(20(29)28(19)12-14)15-5-4-6-17(10-15)23(24,25)26/h4-8,10,14,16H,9,11-13H2,1-3H3/t14-,16-/m1/s1. The van der Waals surface area contributed by atoms with Crippen LogP contribution in [-0.4, -0.2) is 28.5 Å². The number of halogens is 3. The van der Waals surface area contributed by atoms with Gasteiger partial charge >= 0.3 is 6.18 Å². The van der Waals surface area contributed by atoms with Gasteiger partial charge in [0.15, 0.2) is 0 Å². The van der Waals surface area contributed by atoms with Crippen molar-refractivity contribution in [3.63, 3.8) is 0 Å². The van der Waals surface area contributed by atoms with Crippen LogP contribution in [0.5, 0.6) is 0 Å². The summed E-state index contributed by atoms with van der Waals surface area (Å²) in [4.78, 5) is 27.8. The number of aromatic nitrogens is 1. The highest BCUT2D eigenvalue weighted by atomic mass is 19.4. The predicted octanol–water partition coefficient (Wildman–Crippen LogP) is 4.53. The maximum Gasteiger partial charge on any atom is 0.416 e. The van der Waals surface area contributed by atoms with Gasteiger partial charge in [0, 0.05) is 42.2 Å². The summed E-state index contributed by atoms with van der Waals surface area (Å²) in [5.41, 5.74) is -0.0951. The predicted molar refractivity (Wildman–Crippen MR) is 108 cm³/mol. The van der Waals surface area contributed by atoms with Crippen LogP contribution < -0.4 is 5.56 Å². The minimum absolute atomic E-state index is 0.0621. The maximum atomic E-state index is 13.2. The molecule has 0 unspecified atom stereocenters. The Bertz CT molecular complexity index is 1050. The molecule has 0 N–H and O–H groups in total. The lowest BCUT2D eigenvalue weighted by atomic mass is 9.81. The van der Waals surface area contributed by atoms with Gasteiger partial charge in [0.05, 0.1) is 5.56 Å². The molecule has 1 saturated heterocycles. The highest BCUT2D eigenvalue weighted by molar-refractivity contribution is 5.81. The number of benzene rings is 1. The molecule has 1 aromatic heterocycles. The van der Waals surface area contributed by atoms with Crippen molar-refractivity contribution in [1.29, 1.82) is 0 Å². The Morgan fingerprint density at radius 1 is 1.03 bits per heavy atom. The van der Waals surface area contributed by atoms with Gasteiger partial charge < -0.3 is 9.47 Å². The second-order valence-corrected chi connectivity index (χ2v) is 9.42. The number of likely N-dealkylation sites (tertiary alicyclic amines) is 1. The Morgan fingerprint density at radius 3 is 2.43 bits per heavy atom. The minimum atomic E-state index is -4.46. The molecule has 2 aliphatic rings. The third kappa shape index (κ3) is 3.66. The molecule has 0 aliphatic carbocycles. The van der Waals surface area contributed by atoms with E-state index in [4.69, 9.17) is 0 Å². The molecule has 2 aliphatic heterocycles. The third-order valence-electron chi connectivity index (χ3n) is 6.03. The zero-order chi connectivity index (χ0) is 21.8. The average Bonchev–Trinajstić information content (AvgIpc) is 2.67. The van der Waals surface area contributed by atoms with Crippen LogP contribution in [0.4, 0.5) is 13.2 Å². The molecule has 2 aromatic rings. The first-order valence-electron chi connectivity index (χ1n) is 10.2. The number of rotatable bonds is 1. The molecule has 4 nitrogen and oxygen atoms in total. The molecule has 2 bridgehead atoms. The molecule has 4 rings (SSSR count). The van der Waals surface area contributed by atoms with Gasteiger partial charge in [-0.2, -0.15) is 13.2 Å². The zero-order valence-electron chi connectivity index (χ0n) is 17.3. The fraction of sp³-hybridized carbons (Fsp3) is 0.478. The first kappa shape index (κ1) is 20.7. The molecule has 7 heteroatoms. The van der Waals surface area contributed by atoms with Gasteiger partial charge in [-0.25, -0.2) is 0 Å². The number of amides is 1. The van der Waals surface area contributed by atoms with E-state index < -0.39 is 17.2 Å². The van der Waals surface area contributed by atoms with E-state index in [0.29, 0.717) is 19.6 Å². The molecule has 1 fully saturated rings. The van der Waals surface area contributed by atoms with Gasteiger partial charge in [0.25, 0.3) is 5.56 Å². The van der Waals surface area contributed by atoms with E-state index in [2.05, 4.69) is 0 Å². The topological polar surface area (TPSA) is 42.3 Å². The smallest absolute Gasteiger partial charge is 0.341 e. The van der Waals surface area contributed by atoms with E-state index >= 15 is 0 Å². The fourth-order valence-electron chi connectivity index (χ4n) is 4.67. The number of pyridine rings is 1. The number of hydrogen-bond acceptors (Lipinski definition) is 2. The summed E-state index contributed by atoms with van der Waals surface area (Å²) in [6, 6.07) is 8.35. The van der Waals surface area contributed by atoms with Gasteiger partial charge in [0.1, 0.15) is 0 Å². The summed E-state index contributed by atoms with van der Waals surface area (Å²) in [7, 11) is 0. The summed E-state index contributed by atoms with van der Waals surface area (Å²) in [5.74, 6) is 0.331. The van der Waals surface area contributed by atoms with Crippen LogP contribution >= 0.6 is 0 Å². The van der Waals surface area contributed by atoms with Crippen molar-refractivity contribution in [3.8, 4) is 11.1 Å². The zero-order valence-corrected chi connectivity index (χ0v) is 17.3. The minimum Gasteiger partial charge on any atom is -0.341 e. The van der Waals surface area contributed by atoms with Crippen LogP contribution in [0.2, 0.25) is 0 Å². The number of carbonyl (C=O) groups is 1. The average molecular weight is 418 g/mol. The SMILES string of the molecule is CC(C)(C)C(=O)N1C[C@H]2C[C@H](C1)c1ccc(-c3cccc(C(F)(F)F)c3)c(=O)n1C2. The van der Waals surface area contributed by atoms with Gasteiger partial charge in [-0.05, 0) is 42.2 Å². The van der Waals surface area contributed by atoms with Gasteiger partial charge in [0.2, 0.25) is 5.91 Å². The van der Waals surface area contributed by atoms with Gasteiger partial charge in [-0.15, -0.1) is 0 Å². The van der Waals surface area contributed by atoms with Crippen LogP contribution in [0.3, 0.4) is 0 Å². The van der Waals surface area contributed by atoms with Crippen LogP contribution in [-0.2, 0) is 17.5 Å². The second kappa shape index (κ2) is 7.00. The summed E-state index contributed by atoms with van der Waals surface area (Å²) in [5, 5.41) is 0. The summed E-state index contributed by atoms with van der Waals surface area (Å²) < 4.78 is 41.0. The van der Waals surface area contributed by atoms with E-state index in [1.165, 1.54) is 12.1 Å². The highest BCUT2D eigenvalue weighted by Gasteiger charge is 2.39. The lowest BCUT2D eigenvalue weighted by molar-refractivity contribution is -0.142. The van der Waals surface area contributed by atoms with Crippen LogP contribution in [0, 0.1) is 11.3 Å². The van der Waals surface area contributed by atoms with Crippen LogP contribution in [0.25, 0.3) is 11.1 Å². The lowest BCUT2D eigenvalue weighted by Gasteiger charge is -2.44. The van der Waals surface area contributed by atoms with Crippen LogP contribution in [0.1, 0.15) is 44.4 Å². The quantitative estimate of drug-likeness (QED) is 0.683. The first-order chi connectivity index (χ1) is 13.9. The molecular formula is C23H25F3N2O2. The summed E-state index contributed by atoms with van der Waals surface area (Å²) in [6.07, 6.45) is -3.54. The maximum absolute atomic E-state index is 13.2. The van der Waals surface area contributed by atoms with E-state index in [9.17, 15) is 22.8 Å². The number of nitrogens with zero attached hydrogens (tertiary/aromatic N) is 2. The number of carbonyl (C=O) groups excluding carboxylic acids is 1. The van der Waals surface area contributed by atoms with Crippen LogP contribution in [0.15, 0.2) is 41.2 Å². The Balaban J connectivity index is 1.70. The first-order valence-corrected chi connectivity index (χ1v) is 10.2. The van der Waals surface area contributed by atoms with Gasteiger partial charge in [-0.3, -0.25) is 9.59 Å². The van der Waals surface area contributed by atoms with E-state index in [1.807, 2.05) is 31.7 Å². The molecule has 30 heavy (non-hydrogen) atoms. The normalized spacial score (nSPS) is 21.3. The highest BCUT2D eigenvalue weighted by Crippen LogP contribution is 2.37. The number of piperidine rings is 1. The Labute approximate surface area is 173 Å². The molecule has 160 valence electrons. The Kier molecular flexibility index (Phi) is 4.83. The van der Waals surface area contributed by atoms with Crippen molar-refractivity contribution >= 4 is 5.91 Å². The lowest BCUT2D eigenvalue weighted by Crippen LogP contribution is -2.51. The number of fused-ring (bicyclic) bond motifs is 4. The van der Waals surface area contributed by atoms with Crippen molar-refractivity contribution in [2.75, 3.05) is 13.1 Å². The molecule has 3 heterocycles. The largest absolute Gasteiger partial charge is 0.416 e. The molecule has 0 spiro atoms. The van der Waals surface area contributed by atoms with Crippen molar-refractivity contribution in [2.45, 2.75) is 45.8 Å². The number of hydrogen-bond donors (Lipinski definition) is 0. The summed E-state index contributed by atoms with van der Waals surface area (Å²) >= 11 is 0. The molecule has 0 radical (unpaired) electrons.